The van der Waals surface area contributed by atoms with Crippen molar-refractivity contribution in [2.75, 3.05) is 6.54 Å². The van der Waals surface area contributed by atoms with Gasteiger partial charge in [-0.25, -0.2) is 0 Å². The summed E-state index contributed by atoms with van der Waals surface area (Å²) in [7, 11) is 0. The molecule has 1 aromatic rings. The zero-order chi connectivity index (χ0) is 17.2. The Morgan fingerprint density at radius 2 is 2.04 bits per heavy atom. The topological polar surface area (TPSA) is 66.4 Å². The summed E-state index contributed by atoms with van der Waals surface area (Å²) in [5.74, 6) is -2.49. The molecule has 0 aromatic heterocycles. The van der Waals surface area contributed by atoms with Crippen LogP contribution in [-0.4, -0.2) is 23.5 Å². The van der Waals surface area contributed by atoms with Crippen LogP contribution in [0.3, 0.4) is 0 Å². The van der Waals surface area contributed by atoms with Gasteiger partial charge >= 0.3 is 12.1 Å². The van der Waals surface area contributed by atoms with Crippen molar-refractivity contribution >= 4 is 11.9 Å². The van der Waals surface area contributed by atoms with E-state index in [4.69, 9.17) is 5.11 Å². The van der Waals surface area contributed by atoms with E-state index in [0.717, 1.165) is 12.1 Å². The zero-order valence-electron chi connectivity index (χ0n) is 12.6. The van der Waals surface area contributed by atoms with E-state index in [1.807, 2.05) is 0 Å². The number of hydrogen-bond acceptors (Lipinski definition) is 2. The van der Waals surface area contributed by atoms with E-state index in [0.29, 0.717) is 24.9 Å². The van der Waals surface area contributed by atoms with Crippen molar-refractivity contribution in [2.24, 2.45) is 11.8 Å². The Morgan fingerprint density at radius 3 is 2.61 bits per heavy atom. The smallest absolute Gasteiger partial charge is 0.416 e. The highest BCUT2D eigenvalue weighted by atomic mass is 19.4. The van der Waals surface area contributed by atoms with Gasteiger partial charge in [0.15, 0.2) is 0 Å². The summed E-state index contributed by atoms with van der Waals surface area (Å²) in [6.07, 6.45) is -3.54. The molecule has 7 heteroatoms. The van der Waals surface area contributed by atoms with E-state index in [-0.39, 0.29) is 11.8 Å². The van der Waals surface area contributed by atoms with Crippen molar-refractivity contribution in [1.82, 2.24) is 5.32 Å². The molecule has 4 nitrogen and oxygen atoms in total. The largest absolute Gasteiger partial charge is 0.481 e. The molecule has 2 rings (SSSR count). The van der Waals surface area contributed by atoms with Crippen molar-refractivity contribution in [2.45, 2.75) is 31.9 Å². The Hall–Kier alpha value is -2.05. The first-order chi connectivity index (χ1) is 10.7. The quantitative estimate of drug-likeness (QED) is 0.843. The lowest BCUT2D eigenvalue weighted by Gasteiger charge is -2.15. The predicted octanol–water partition coefficient (Wildman–Crippen LogP) is 3.04. The van der Waals surface area contributed by atoms with E-state index in [1.54, 1.807) is 13.0 Å². The summed E-state index contributed by atoms with van der Waals surface area (Å²) >= 11 is 0. The molecule has 0 bridgehead atoms. The van der Waals surface area contributed by atoms with Crippen molar-refractivity contribution in [1.29, 1.82) is 0 Å². The summed E-state index contributed by atoms with van der Waals surface area (Å²) in [5.41, 5.74) is -0.128. The number of amides is 1. The molecule has 0 saturated heterocycles. The lowest BCUT2D eigenvalue weighted by molar-refractivity contribution is -0.140. The van der Waals surface area contributed by atoms with Crippen LogP contribution in [0.25, 0.3) is 0 Å². The lowest BCUT2D eigenvalue weighted by Crippen LogP contribution is -2.28. The van der Waals surface area contributed by atoms with Crippen LogP contribution in [-0.2, 0) is 15.8 Å². The first-order valence-corrected chi connectivity index (χ1v) is 7.38. The number of nitrogens with one attached hydrogen (secondary N) is 1. The third kappa shape index (κ3) is 4.46. The second-order valence-electron chi connectivity index (χ2n) is 5.89. The number of rotatable bonds is 6. The van der Waals surface area contributed by atoms with Gasteiger partial charge in [0, 0.05) is 6.54 Å². The summed E-state index contributed by atoms with van der Waals surface area (Å²) in [6, 6.07) is 5.14. The Morgan fingerprint density at radius 1 is 1.35 bits per heavy atom. The highest BCUT2D eigenvalue weighted by Crippen LogP contribution is 2.38. The fourth-order valence-corrected chi connectivity index (χ4v) is 2.49. The van der Waals surface area contributed by atoms with Crippen LogP contribution in [0.15, 0.2) is 24.3 Å². The number of carbonyl (C=O) groups excluding carboxylic acids is 1. The van der Waals surface area contributed by atoms with Crippen LogP contribution in [0.5, 0.6) is 0 Å². The maximum Gasteiger partial charge on any atom is 0.416 e. The molecule has 1 fully saturated rings. The number of carboxylic acids is 1. The standard InChI is InChI=1S/C16H18F3NO3/c1-9(10-3-2-4-11(7-10)16(17,18)19)5-6-20-14(21)12-8-13(12)15(22)23/h2-4,7,9,12-13H,5-6,8H2,1H3,(H,20,21)(H,22,23). The maximum atomic E-state index is 12.7. The van der Waals surface area contributed by atoms with E-state index >= 15 is 0 Å². The van der Waals surface area contributed by atoms with Crippen LogP contribution >= 0.6 is 0 Å². The molecule has 3 atom stereocenters. The number of aliphatic carboxylic acids is 1. The van der Waals surface area contributed by atoms with E-state index < -0.39 is 29.5 Å². The monoisotopic (exact) mass is 329 g/mol. The fourth-order valence-electron chi connectivity index (χ4n) is 2.49. The fraction of sp³-hybridized carbons (Fsp3) is 0.500. The Labute approximate surface area is 131 Å². The van der Waals surface area contributed by atoms with Crippen LogP contribution in [0.2, 0.25) is 0 Å². The molecule has 0 radical (unpaired) electrons. The van der Waals surface area contributed by atoms with Gasteiger partial charge in [-0.3, -0.25) is 9.59 Å². The maximum absolute atomic E-state index is 12.7. The third-order valence-corrected chi connectivity index (χ3v) is 4.10. The minimum atomic E-state index is -4.37. The van der Waals surface area contributed by atoms with Crippen molar-refractivity contribution in [3.63, 3.8) is 0 Å². The third-order valence-electron chi connectivity index (χ3n) is 4.10. The molecular weight excluding hydrogens is 311 g/mol. The second kappa shape index (κ2) is 6.60. The Bertz CT molecular complexity index is 600. The molecule has 3 unspecified atom stereocenters. The number of benzene rings is 1. The molecule has 1 saturated carbocycles. The molecule has 23 heavy (non-hydrogen) atoms. The first-order valence-electron chi connectivity index (χ1n) is 7.38. The lowest BCUT2D eigenvalue weighted by atomic mass is 9.96. The minimum Gasteiger partial charge on any atom is -0.481 e. The van der Waals surface area contributed by atoms with Crippen molar-refractivity contribution in [3.05, 3.63) is 35.4 Å². The summed E-state index contributed by atoms with van der Waals surface area (Å²) in [4.78, 5) is 22.4. The van der Waals surface area contributed by atoms with Gasteiger partial charge in [0.2, 0.25) is 5.91 Å². The average molecular weight is 329 g/mol. The molecule has 0 spiro atoms. The molecule has 0 aliphatic heterocycles. The van der Waals surface area contributed by atoms with Gasteiger partial charge < -0.3 is 10.4 Å². The van der Waals surface area contributed by atoms with Crippen molar-refractivity contribution < 1.29 is 27.9 Å². The van der Waals surface area contributed by atoms with Gasteiger partial charge in [0.25, 0.3) is 0 Å². The van der Waals surface area contributed by atoms with Crippen LogP contribution in [0, 0.1) is 11.8 Å². The highest BCUT2D eigenvalue weighted by Gasteiger charge is 2.48. The zero-order valence-corrected chi connectivity index (χ0v) is 12.6. The number of carboxylic acid groups (broad SMARTS) is 1. The SMILES string of the molecule is CC(CCNC(=O)C1CC1C(=O)O)c1cccc(C(F)(F)F)c1. The molecule has 1 aliphatic rings. The van der Waals surface area contributed by atoms with Crippen molar-refractivity contribution in [3.8, 4) is 0 Å². The average Bonchev–Trinajstić information content (AvgIpc) is 3.27. The number of carbonyl (C=O) groups is 2. The van der Waals surface area contributed by atoms with E-state index in [9.17, 15) is 22.8 Å². The van der Waals surface area contributed by atoms with Gasteiger partial charge in [-0.15, -0.1) is 0 Å². The second-order valence-corrected chi connectivity index (χ2v) is 5.89. The molecule has 0 heterocycles. The summed E-state index contributed by atoms with van der Waals surface area (Å²) in [6.45, 7) is 2.10. The molecule has 2 N–H and O–H groups in total. The Balaban J connectivity index is 1.82. The van der Waals surface area contributed by atoms with Crippen LogP contribution in [0.4, 0.5) is 13.2 Å². The summed E-state index contributed by atoms with van der Waals surface area (Å²) in [5, 5.41) is 11.4. The summed E-state index contributed by atoms with van der Waals surface area (Å²) < 4.78 is 38.0. The van der Waals surface area contributed by atoms with E-state index in [1.165, 1.54) is 6.07 Å². The highest BCUT2D eigenvalue weighted by molar-refractivity contribution is 5.89. The molecule has 1 amide bonds. The first kappa shape index (κ1) is 17.3. The van der Waals surface area contributed by atoms with Gasteiger partial charge in [0.1, 0.15) is 0 Å². The number of alkyl halides is 3. The van der Waals surface area contributed by atoms with Gasteiger partial charge in [-0.2, -0.15) is 13.2 Å². The van der Waals surface area contributed by atoms with Crippen LogP contribution in [0.1, 0.15) is 36.8 Å². The molecular formula is C16H18F3NO3. The Kier molecular flexibility index (Phi) is 4.97. The van der Waals surface area contributed by atoms with Crippen LogP contribution < -0.4 is 5.32 Å². The molecule has 1 aliphatic carbocycles. The van der Waals surface area contributed by atoms with E-state index in [2.05, 4.69) is 5.32 Å². The number of hydrogen-bond donors (Lipinski definition) is 2. The predicted molar refractivity (Wildman–Crippen MR) is 76.7 cm³/mol. The normalized spacial score (nSPS) is 21.6. The minimum absolute atomic E-state index is 0.146. The molecule has 126 valence electrons. The van der Waals surface area contributed by atoms with Gasteiger partial charge in [-0.05, 0) is 30.4 Å². The van der Waals surface area contributed by atoms with Gasteiger partial charge in [-0.1, -0.05) is 25.1 Å². The number of halogens is 3. The molecule has 1 aromatic carbocycles. The van der Waals surface area contributed by atoms with Gasteiger partial charge in [0.05, 0.1) is 17.4 Å².